The van der Waals surface area contributed by atoms with Crippen LogP contribution in [-0.4, -0.2) is 49.0 Å². The van der Waals surface area contributed by atoms with Crippen LogP contribution in [0, 0.1) is 0 Å². The van der Waals surface area contributed by atoms with E-state index in [2.05, 4.69) is 20.3 Å². The van der Waals surface area contributed by atoms with Crippen molar-refractivity contribution in [3.05, 3.63) is 36.2 Å². The summed E-state index contributed by atoms with van der Waals surface area (Å²) >= 11 is 0. The van der Waals surface area contributed by atoms with Gasteiger partial charge in [0, 0.05) is 12.2 Å². The predicted octanol–water partition coefficient (Wildman–Crippen LogP) is 0.545. The van der Waals surface area contributed by atoms with Gasteiger partial charge in [-0.2, -0.15) is 4.98 Å². The number of esters is 1. The van der Waals surface area contributed by atoms with Gasteiger partial charge in [0.1, 0.15) is 12.4 Å². The lowest BCUT2D eigenvalue weighted by atomic mass is 10.2. The van der Waals surface area contributed by atoms with E-state index >= 15 is 0 Å². The number of anilines is 3. The summed E-state index contributed by atoms with van der Waals surface area (Å²) < 4.78 is 27.3. The molecule has 0 spiro atoms. The Labute approximate surface area is 156 Å². The second-order valence-corrected chi connectivity index (χ2v) is 7.73. The summed E-state index contributed by atoms with van der Waals surface area (Å²) in [5, 5.41) is 8.10. The van der Waals surface area contributed by atoms with Crippen molar-refractivity contribution < 1.29 is 17.9 Å². The Hall–Kier alpha value is -2.79. The van der Waals surface area contributed by atoms with Crippen molar-refractivity contribution in [3.63, 3.8) is 0 Å². The number of nitrogens with one attached hydrogen (secondary N) is 1. The third kappa shape index (κ3) is 4.89. The van der Waals surface area contributed by atoms with Crippen LogP contribution in [0.1, 0.15) is 18.4 Å². The number of methoxy groups -OCH3 is 1. The number of hydrogen-bond donors (Lipinski definition) is 2. The van der Waals surface area contributed by atoms with E-state index < -0.39 is 16.1 Å². The Kier molecular flexibility index (Phi) is 5.51. The van der Waals surface area contributed by atoms with E-state index in [4.69, 9.17) is 9.88 Å². The third-order valence-electron chi connectivity index (χ3n) is 4.09. The maximum Gasteiger partial charge on any atom is 0.328 e. The summed E-state index contributed by atoms with van der Waals surface area (Å²) in [5.74, 6) is 0.0713. The number of nitrogens with zero attached hydrogens (tertiary/aromatic N) is 4. The lowest BCUT2D eigenvalue weighted by Crippen LogP contribution is -2.38. The maximum absolute atomic E-state index is 11.9. The molecule has 0 aliphatic carbocycles. The van der Waals surface area contributed by atoms with Gasteiger partial charge in [0.05, 0.1) is 12.9 Å². The quantitative estimate of drug-likeness (QED) is 0.674. The molecule has 2 aromatic rings. The zero-order chi connectivity index (χ0) is 19.4. The third-order valence-corrected chi connectivity index (χ3v) is 4.83. The van der Waals surface area contributed by atoms with Gasteiger partial charge in [0.2, 0.25) is 21.9 Å². The molecule has 3 N–H and O–H groups in total. The molecule has 1 atom stereocenters. The standard InChI is InChI=1S/C16H20N6O4S/c1-26-14(23)13-6-3-7-22(13)16-19-10-18-15(21-16)20-12-5-2-4-11(8-12)9-27(17,24)25/h2,4-5,8,10,13H,3,6-7,9H2,1H3,(H2,17,24,25)(H,18,19,20,21). The first kappa shape index (κ1) is 19.0. The van der Waals surface area contributed by atoms with Crippen LogP contribution in [0.3, 0.4) is 0 Å². The SMILES string of the molecule is COC(=O)C1CCCN1c1ncnc(Nc2cccc(CS(N)(=O)=O)c2)n1. The van der Waals surface area contributed by atoms with Crippen LogP contribution >= 0.6 is 0 Å². The highest BCUT2D eigenvalue weighted by Gasteiger charge is 2.33. The minimum absolute atomic E-state index is 0.264. The Morgan fingerprint density at radius 3 is 2.96 bits per heavy atom. The van der Waals surface area contributed by atoms with Crippen molar-refractivity contribution in [2.45, 2.75) is 24.6 Å². The average Bonchev–Trinajstić information content (AvgIpc) is 3.10. The molecule has 1 aliphatic heterocycles. The zero-order valence-electron chi connectivity index (χ0n) is 14.7. The van der Waals surface area contributed by atoms with E-state index in [0.29, 0.717) is 30.2 Å². The van der Waals surface area contributed by atoms with E-state index in [1.807, 2.05) is 0 Å². The molecule has 2 heterocycles. The molecule has 1 fully saturated rings. The van der Waals surface area contributed by atoms with E-state index in [1.165, 1.54) is 13.4 Å². The monoisotopic (exact) mass is 392 g/mol. The van der Waals surface area contributed by atoms with Gasteiger partial charge in [-0.3, -0.25) is 0 Å². The molecule has 3 rings (SSSR count). The van der Waals surface area contributed by atoms with Gasteiger partial charge < -0.3 is 15.0 Å². The number of rotatable bonds is 6. The van der Waals surface area contributed by atoms with Crippen LogP contribution in [0.2, 0.25) is 0 Å². The number of primary sulfonamides is 1. The van der Waals surface area contributed by atoms with Crippen molar-refractivity contribution in [2.24, 2.45) is 5.14 Å². The lowest BCUT2D eigenvalue weighted by Gasteiger charge is -2.22. The van der Waals surface area contributed by atoms with Gasteiger partial charge in [-0.1, -0.05) is 12.1 Å². The number of sulfonamides is 1. The number of nitrogens with two attached hydrogens (primary N) is 1. The van der Waals surface area contributed by atoms with E-state index in [9.17, 15) is 13.2 Å². The van der Waals surface area contributed by atoms with Gasteiger partial charge in [-0.15, -0.1) is 0 Å². The fourth-order valence-electron chi connectivity index (χ4n) is 2.97. The highest BCUT2D eigenvalue weighted by atomic mass is 32.2. The van der Waals surface area contributed by atoms with Crippen molar-refractivity contribution >= 4 is 33.6 Å². The zero-order valence-corrected chi connectivity index (χ0v) is 15.5. The molecular weight excluding hydrogens is 372 g/mol. The number of hydrogen-bond acceptors (Lipinski definition) is 9. The number of benzene rings is 1. The first-order valence-electron chi connectivity index (χ1n) is 8.25. The molecule has 144 valence electrons. The highest BCUT2D eigenvalue weighted by Crippen LogP contribution is 2.24. The topological polar surface area (TPSA) is 140 Å². The highest BCUT2D eigenvalue weighted by molar-refractivity contribution is 7.88. The smallest absolute Gasteiger partial charge is 0.328 e. The molecule has 0 amide bonds. The molecule has 10 nitrogen and oxygen atoms in total. The molecule has 0 saturated carbocycles. The molecule has 1 unspecified atom stereocenters. The molecule has 1 saturated heterocycles. The second-order valence-electron chi connectivity index (χ2n) is 6.12. The maximum atomic E-state index is 11.9. The van der Waals surface area contributed by atoms with Crippen molar-refractivity contribution in [2.75, 3.05) is 23.9 Å². The van der Waals surface area contributed by atoms with Crippen LogP contribution < -0.4 is 15.4 Å². The summed E-state index contributed by atoms with van der Waals surface area (Å²) in [4.78, 5) is 26.3. The fourth-order valence-corrected chi connectivity index (χ4v) is 3.62. The normalized spacial score (nSPS) is 17.0. The average molecular weight is 392 g/mol. The first-order chi connectivity index (χ1) is 12.9. The summed E-state index contributed by atoms with van der Waals surface area (Å²) in [7, 11) is -2.27. The summed E-state index contributed by atoms with van der Waals surface area (Å²) in [6, 6.07) is 6.37. The number of carbonyl (C=O) groups excluding carboxylic acids is 1. The van der Waals surface area contributed by atoms with Gasteiger partial charge in [-0.25, -0.2) is 28.3 Å². The molecule has 0 radical (unpaired) electrons. The molecule has 27 heavy (non-hydrogen) atoms. The Balaban J connectivity index is 1.78. The fraction of sp³-hybridized carbons (Fsp3) is 0.375. The van der Waals surface area contributed by atoms with Crippen LogP contribution in [0.4, 0.5) is 17.6 Å². The number of carbonyl (C=O) groups is 1. The number of aromatic nitrogens is 3. The minimum Gasteiger partial charge on any atom is -0.467 e. The summed E-state index contributed by atoms with van der Waals surface area (Å²) in [6.07, 6.45) is 2.87. The lowest BCUT2D eigenvalue weighted by molar-refractivity contribution is -0.141. The minimum atomic E-state index is -3.62. The van der Waals surface area contributed by atoms with E-state index in [-0.39, 0.29) is 17.7 Å². The van der Waals surface area contributed by atoms with Crippen LogP contribution in [0.25, 0.3) is 0 Å². The summed E-state index contributed by atoms with van der Waals surface area (Å²) in [6.45, 7) is 0.646. The van der Waals surface area contributed by atoms with Crippen molar-refractivity contribution in [1.29, 1.82) is 0 Å². The van der Waals surface area contributed by atoms with Crippen LogP contribution in [-0.2, 0) is 25.3 Å². The predicted molar refractivity (Wildman–Crippen MR) is 98.7 cm³/mol. The van der Waals surface area contributed by atoms with Gasteiger partial charge in [0.15, 0.2) is 0 Å². The number of ether oxygens (including phenoxy) is 1. The molecule has 1 aromatic carbocycles. The molecule has 11 heteroatoms. The van der Waals surface area contributed by atoms with Gasteiger partial charge >= 0.3 is 5.97 Å². The summed E-state index contributed by atoms with van der Waals surface area (Å²) in [5.41, 5.74) is 1.15. The van der Waals surface area contributed by atoms with Crippen LogP contribution in [0.15, 0.2) is 30.6 Å². The molecular formula is C16H20N6O4S. The molecule has 1 aliphatic rings. The van der Waals surface area contributed by atoms with Gasteiger partial charge in [0.25, 0.3) is 0 Å². The Morgan fingerprint density at radius 2 is 2.22 bits per heavy atom. The molecule has 0 bridgehead atoms. The van der Waals surface area contributed by atoms with Crippen LogP contribution in [0.5, 0.6) is 0 Å². The largest absolute Gasteiger partial charge is 0.467 e. The van der Waals surface area contributed by atoms with Crippen molar-refractivity contribution in [3.8, 4) is 0 Å². The Morgan fingerprint density at radius 1 is 1.41 bits per heavy atom. The second kappa shape index (κ2) is 7.84. The van der Waals surface area contributed by atoms with E-state index in [1.54, 1.807) is 29.2 Å². The molecule has 1 aromatic heterocycles. The van der Waals surface area contributed by atoms with E-state index in [0.717, 1.165) is 6.42 Å². The Bertz CT molecular complexity index is 936. The van der Waals surface area contributed by atoms with Gasteiger partial charge in [-0.05, 0) is 30.5 Å². The van der Waals surface area contributed by atoms with Crippen molar-refractivity contribution in [1.82, 2.24) is 15.0 Å². The first-order valence-corrected chi connectivity index (χ1v) is 9.97.